The third-order valence-corrected chi connectivity index (χ3v) is 9.80. The van der Waals surface area contributed by atoms with Crippen molar-refractivity contribution in [1.82, 2.24) is 0 Å². The van der Waals surface area contributed by atoms with E-state index < -0.39 is 83.3 Å². The van der Waals surface area contributed by atoms with Gasteiger partial charge in [-0.1, -0.05) is 24.3 Å². The van der Waals surface area contributed by atoms with Crippen LogP contribution < -0.4 is 0 Å². The first-order valence-electron chi connectivity index (χ1n) is 17.0. The largest absolute Gasteiger partial charge is 0.450 e. The highest BCUT2D eigenvalue weighted by atomic mass is 16.9. The Morgan fingerprint density at radius 1 is 0.560 bits per heavy atom. The summed E-state index contributed by atoms with van der Waals surface area (Å²) in [5.74, 6) is -8.01. The molecule has 0 radical (unpaired) electrons. The minimum atomic E-state index is -1.42. The summed E-state index contributed by atoms with van der Waals surface area (Å²) in [6, 6.07) is 10.1. The van der Waals surface area contributed by atoms with E-state index in [2.05, 4.69) is 0 Å². The maximum absolute atomic E-state index is 14.1. The molecule has 0 bridgehead atoms. The molecule has 8 atom stereocenters. The predicted octanol–water partition coefficient (Wildman–Crippen LogP) is 3.95. The van der Waals surface area contributed by atoms with Gasteiger partial charge >= 0.3 is 11.9 Å². The topological polar surface area (TPSA) is 145 Å². The van der Waals surface area contributed by atoms with E-state index in [4.69, 9.17) is 56.8 Å². The lowest BCUT2D eigenvalue weighted by Crippen LogP contribution is -2.63. The molecule has 0 aromatic heterocycles. The monoisotopic (exact) mass is 700 g/mol. The van der Waals surface area contributed by atoms with Crippen LogP contribution in [-0.4, -0.2) is 110 Å². The first-order chi connectivity index (χ1) is 23.4. The number of fused-ring (bicyclic) bond motifs is 3. The van der Waals surface area contributed by atoms with Gasteiger partial charge in [0.05, 0.1) is 24.3 Å². The van der Waals surface area contributed by atoms with Crippen LogP contribution in [0.2, 0.25) is 0 Å². The quantitative estimate of drug-likeness (QED) is 0.425. The molecule has 272 valence electrons. The van der Waals surface area contributed by atoms with E-state index in [1.54, 1.807) is 79.7 Å². The summed E-state index contributed by atoms with van der Waals surface area (Å²) in [5.41, 5.74) is 0.429. The van der Waals surface area contributed by atoms with Gasteiger partial charge in [0.2, 0.25) is 11.6 Å². The van der Waals surface area contributed by atoms with Gasteiger partial charge in [-0.15, -0.1) is 0 Å². The van der Waals surface area contributed by atoms with E-state index in [-0.39, 0.29) is 37.6 Å². The molecule has 0 saturated carbocycles. The van der Waals surface area contributed by atoms with E-state index in [0.29, 0.717) is 10.8 Å². The van der Waals surface area contributed by atoms with Gasteiger partial charge in [0, 0.05) is 0 Å². The molecule has 2 aromatic rings. The number of rotatable bonds is 4. The fraction of sp³-hybridized carbons (Fsp3) is 0.667. The fourth-order valence-electron chi connectivity index (χ4n) is 7.86. The Balaban J connectivity index is 1.10. The van der Waals surface area contributed by atoms with Crippen LogP contribution in [0, 0.1) is 0 Å². The molecule has 14 nitrogen and oxygen atoms in total. The van der Waals surface area contributed by atoms with Gasteiger partial charge < -0.3 is 56.8 Å². The molecular formula is C36H44O14. The van der Waals surface area contributed by atoms with Crippen molar-refractivity contribution >= 4 is 22.7 Å². The normalized spacial score (nSPS) is 39.0. The highest BCUT2D eigenvalue weighted by Crippen LogP contribution is 2.47. The average molecular weight is 701 g/mol. The molecule has 14 heteroatoms. The molecule has 8 rings (SSSR count). The molecule has 0 aliphatic carbocycles. The molecule has 2 aromatic carbocycles. The standard InChI is InChI=1S/C36H44O14/c1-31(2)41-17-35(49-31)27(25-23(15-39-35)45-33(5,6)47-25)43-29(37)21-13-14-22(20-12-10-9-11-19(20)21)30(38)44-28-26-24(46-34(7,8)48-26)16-40-36(28)18-42-32(3,4)50-36/h9-14,23-28H,15-18H2,1-8H3/t23-,24-,25-,26-,27-,28-,35?,36?/m1/s1. The van der Waals surface area contributed by atoms with Crippen molar-refractivity contribution in [2.75, 3.05) is 26.4 Å². The molecule has 50 heavy (non-hydrogen) atoms. The first-order valence-corrected chi connectivity index (χ1v) is 17.0. The second-order valence-corrected chi connectivity index (χ2v) is 15.5. The lowest BCUT2D eigenvalue weighted by Gasteiger charge is -2.43. The highest BCUT2D eigenvalue weighted by Gasteiger charge is 2.66. The van der Waals surface area contributed by atoms with Crippen LogP contribution >= 0.6 is 0 Å². The number of carbonyl (C=O) groups excluding carboxylic acids is 2. The first kappa shape index (κ1) is 34.3. The smallest absolute Gasteiger partial charge is 0.339 e. The van der Waals surface area contributed by atoms with Gasteiger partial charge in [0.25, 0.3) is 0 Å². The number of hydrogen-bond acceptors (Lipinski definition) is 14. The van der Waals surface area contributed by atoms with Crippen molar-refractivity contribution in [3.8, 4) is 0 Å². The second kappa shape index (κ2) is 11.4. The van der Waals surface area contributed by atoms with E-state index in [9.17, 15) is 9.59 Å². The van der Waals surface area contributed by atoms with E-state index in [1.807, 2.05) is 0 Å². The molecule has 6 saturated heterocycles. The third-order valence-electron chi connectivity index (χ3n) is 9.80. The zero-order valence-corrected chi connectivity index (χ0v) is 29.5. The predicted molar refractivity (Wildman–Crippen MR) is 170 cm³/mol. The van der Waals surface area contributed by atoms with Crippen molar-refractivity contribution in [3.05, 3.63) is 47.5 Å². The van der Waals surface area contributed by atoms with Gasteiger partial charge in [-0.2, -0.15) is 0 Å². The van der Waals surface area contributed by atoms with Crippen LogP contribution in [0.3, 0.4) is 0 Å². The fourth-order valence-corrected chi connectivity index (χ4v) is 7.86. The van der Waals surface area contributed by atoms with Crippen LogP contribution in [0.15, 0.2) is 36.4 Å². The maximum atomic E-state index is 14.1. The van der Waals surface area contributed by atoms with Crippen molar-refractivity contribution in [2.24, 2.45) is 0 Å². The second-order valence-electron chi connectivity index (χ2n) is 15.5. The molecular weight excluding hydrogens is 656 g/mol. The molecule has 0 N–H and O–H groups in total. The SMILES string of the molecule is CC1(C)O[C@H]2[C@@H](OC(=O)c3ccc(C(=O)O[C@@H]4[C@@H]5OC(C)(C)O[C@@H]5COC45COC(C)(C)O5)c4ccccc34)C3(COC(C)(C)O3)OC[C@H]2O1. The van der Waals surface area contributed by atoms with Crippen LogP contribution in [0.4, 0.5) is 0 Å². The summed E-state index contributed by atoms with van der Waals surface area (Å²) in [7, 11) is 0. The Kier molecular flexibility index (Phi) is 7.81. The van der Waals surface area contributed by atoms with Crippen molar-refractivity contribution in [3.63, 3.8) is 0 Å². The molecule has 6 heterocycles. The number of hydrogen-bond donors (Lipinski definition) is 0. The maximum Gasteiger partial charge on any atom is 0.339 e. The number of esters is 2. The van der Waals surface area contributed by atoms with Gasteiger partial charge in [-0.3, -0.25) is 0 Å². The number of carbonyl (C=O) groups is 2. The Bertz CT molecular complexity index is 1580. The Hall–Kier alpha value is -2.76. The summed E-state index contributed by atoms with van der Waals surface area (Å²) in [6.07, 6.45) is -4.44. The van der Waals surface area contributed by atoms with Gasteiger partial charge in [0.1, 0.15) is 37.6 Å². The van der Waals surface area contributed by atoms with Crippen molar-refractivity contribution < 1.29 is 66.4 Å². The summed E-state index contributed by atoms with van der Waals surface area (Å²) in [5, 5.41) is 0.940. The molecule has 6 aliphatic heterocycles. The molecule has 0 amide bonds. The minimum Gasteiger partial charge on any atom is -0.450 e. The molecule has 6 aliphatic rings. The van der Waals surface area contributed by atoms with Crippen LogP contribution in [0.25, 0.3) is 10.8 Å². The summed E-state index contributed by atoms with van der Waals surface area (Å²) >= 11 is 0. The highest BCUT2D eigenvalue weighted by molar-refractivity contribution is 6.11. The molecule has 2 unspecified atom stereocenters. The summed E-state index contributed by atoms with van der Waals surface area (Å²) < 4.78 is 73.7. The number of ether oxygens (including phenoxy) is 12. The van der Waals surface area contributed by atoms with Gasteiger partial charge in [-0.05, 0) is 78.3 Å². The van der Waals surface area contributed by atoms with Crippen molar-refractivity contribution in [2.45, 2.75) is 127 Å². The Morgan fingerprint density at radius 2 is 0.960 bits per heavy atom. The Labute approximate surface area is 289 Å². The van der Waals surface area contributed by atoms with Gasteiger partial charge in [-0.25, -0.2) is 9.59 Å². The average Bonchev–Trinajstić information content (AvgIpc) is 3.74. The van der Waals surface area contributed by atoms with Gasteiger partial charge in [0.15, 0.2) is 35.4 Å². The lowest BCUT2D eigenvalue weighted by atomic mass is 9.95. The number of benzene rings is 2. The van der Waals surface area contributed by atoms with Crippen LogP contribution in [0.5, 0.6) is 0 Å². The third kappa shape index (κ3) is 5.83. The summed E-state index contributed by atoms with van der Waals surface area (Å²) in [4.78, 5) is 28.3. The zero-order valence-electron chi connectivity index (χ0n) is 29.5. The van der Waals surface area contributed by atoms with E-state index >= 15 is 0 Å². The van der Waals surface area contributed by atoms with Crippen molar-refractivity contribution in [1.29, 1.82) is 0 Å². The van der Waals surface area contributed by atoms with Crippen LogP contribution in [-0.2, 0) is 56.8 Å². The molecule has 2 spiro atoms. The Morgan fingerprint density at radius 3 is 1.32 bits per heavy atom. The van der Waals surface area contributed by atoms with E-state index in [1.165, 1.54) is 12.1 Å². The lowest BCUT2D eigenvalue weighted by molar-refractivity contribution is -0.325. The van der Waals surface area contributed by atoms with E-state index in [0.717, 1.165) is 0 Å². The zero-order chi connectivity index (χ0) is 35.5. The minimum absolute atomic E-state index is 0.0164. The summed E-state index contributed by atoms with van der Waals surface area (Å²) in [6.45, 7) is 14.6. The molecule has 6 fully saturated rings. The van der Waals surface area contributed by atoms with Crippen LogP contribution in [0.1, 0.15) is 76.1 Å².